The van der Waals surface area contributed by atoms with Crippen LogP contribution < -0.4 is 4.74 Å². The minimum absolute atomic E-state index is 0.374. The van der Waals surface area contributed by atoms with Crippen molar-refractivity contribution in [2.24, 2.45) is 0 Å². The molecule has 1 heterocycles. The highest BCUT2D eigenvalue weighted by molar-refractivity contribution is 7.07. The van der Waals surface area contributed by atoms with Crippen LogP contribution in [0.15, 0.2) is 41.1 Å². The summed E-state index contributed by atoms with van der Waals surface area (Å²) < 4.78 is 5.64. The van der Waals surface area contributed by atoms with Crippen LogP contribution in [0, 0.1) is 0 Å². The van der Waals surface area contributed by atoms with Crippen LogP contribution in [0.1, 0.15) is 30.6 Å². The van der Waals surface area contributed by atoms with Crippen LogP contribution in [0.25, 0.3) is 0 Å². The van der Waals surface area contributed by atoms with Gasteiger partial charge in [-0.1, -0.05) is 19.1 Å². The van der Waals surface area contributed by atoms with Gasteiger partial charge >= 0.3 is 0 Å². The molecule has 0 fully saturated rings. The van der Waals surface area contributed by atoms with Crippen LogP contribution in [0.2, 0.25) is 0 Å². The quantitative estimate of drug-likeness (QED) is 0.872. The summed E-state index contributed by atoms with van der Waals surface area (Å²) in [6, 6.07) is 9.69. The van der Waals surface area contributed by atoms with Crippen molar-refractivity contribution < 1.29 is 9.84 Å². The lowest BCUT2D eigenvalue weighted by Crippen LogP contribution is -1.96. The summed E-state index contributed by atoms with van der Waals surface area (Å²) in [5.74, 6) is 0.836. The maximum atomic E-state index is 9.66. The van der Waals surface area contributed by atoms with Crippen LogP contribution in [0.3, 0.4) is 0 Å². The number of hydrogen-bond acceptors (Lipinski definition) is 3. The number of rotatable bonds is 5. The smallest absolute Gasteiger partial charge is 0.119 e. The van der Waals surface area contributed by atoms with E-state index in [1.54, 1.807) is 11.3 Å². The molecule has 0 radical (unpaired) electrons. The molecule has 0 unspecified atom stereocenters. The second-order valence-corrected chi connectivity index (χ2v) is 4.69. The molecule has 1 N–H and O–H groups in total. The van der Waals surface area contributed by atoms with Crippen molar-refractivity contribution in [2.45, 2.75) is 26.1 Å². The topological polar surface area (TPSA) is 29.5 Å². The molecule has 17 heavy (non-hydrogen) atoms. The fourth-order valence-corrected chi connectivity index (χ4v) is 2.22. The minimum atomic E-state index is -0.374. The monoisotopic (exact) mass is 248 g/mol. The van der Waals surface area contributed by atoms with Gasteiger partial charge in [-0.2, -0.15) is 11.3 Å². The number of thiophene rings is 1. The lowest BCUT2D eigenvalue weighted by atomic mass is 10.1. The molecule has 0 amide bonds. The van der Waals surface area contributed by atoms with E-state index in [2.05, 4.69) is 11.4 Å². The summed E-state index contributed by atoms with van der Waals surface area (Å²) in [4.78, 5) is 0. The van der Waals surface area contributed by atoms with Gasteiger partial charge in [-0.05, 0) is 46.5 Å². The normalized spacial score (nSPS) is 12.4. The summed E-state index contributed by atoms with van der Waals surface area (Å²) in [5.41, 5.74) is 2.13. The zero-order chi connectivity index (χ0) is 12.1. The fourth-order valence-electron chi connectivity index (χ4n) is 1.56. The molecule has 2 aromatic rings. The van der Waals surface area contributed by atoms with Gasteiger partial charge in [0.1, 0.15) is 12.4 Å². The Morgan fingerprint density at radius 2 is 2.00 bits per heavy atom. The second kappa shape index (κ2) is 5.84. The standard InChI is InChI=1S/C14H16O2S/c1-2-14(15)12-3-5-13(6-4-12)16-9-11-7-8-17-10-11/h3-8,10,14-15H,2,9H2,1H3/t14-/m0/s1. The minimum Gasteiger partial charge on any atom is -0.489 e. The van der Waals surface area contributed by atoms with Gasteiger partial charge in [-0.3, -0.25) is 0 Å². The molecule has 0 aliphatic carbocycles. The van der Waals surface area contributed by atoms with Crippen molar-refractivity contribution in [1.29, 1.82) is 0 Å². The summed E-state index contributed by atoms with van der Waals surface area (Å²) >= 11 is 1.67. The predicted octanol–water partition coefficient (Wildman–Crippen LogP) is 3.77. The first-order valence-corrected chi connectivity index (χ1v) is 6.65. The zero-order valence-corrected chi connectivity index (χ0v) is 10.6. The zero-order valence-electron chi connectivity index (χ0n) is 9.80. The Hall–Kier alpha value is -1.32. The van der Waals surface area contributed by atoms with Crippen molar-refractivity contribution in [3.05, 3.63) is 52.2 Å². The third-order valence-corrected chi connectivity index (χ3v) is 3.37. The van der Waals surface area contributed by atoms with Crippen LogP contribution in [0.5, 0.6) is 5.75 Å². The van der Waals surface area contributed by atoms with Gasteiger partial charge in [0.05, 0.1) is 6.10 Å². The van der Waals surface area contributed by atoms with E-state index in [1.807, 2.05) is 36.6 Å². The summed E-state index contributed by atoms with van der Waals surface area (Å²) in [6.07, 6.45) is 0.357. The average molecular weight is 248 g/mol. The number of aliphatic hydroxyl groups is 1. The van der Waals surface area contributed by atoms with Crippen molar-refractivity contribution in [2.75, 3.05) is 0 Å². The van der Waals surface area contributed by atoms with Crippen LogP contribution in [-0.4, -0.2) is 5.11 Å². The van der Waals surface area contributed by atoms with Gasteiger partial charge in [0.25, 0.3) is 0 Å². The van der Waals surface area contributed by atoms with E-state index in [1.165, 1.54) is 5.56 Å². The lowest BCUT2D eigenvalue weighted by molar-refractivity contribution is 0.173. The fraction of sp³-hybridized carbons (Fsp3) is 0.286. The maximum absolute atomic E-state index is 9.66. The second-order valence-electron chi connectivity index (χ2n) is 3.91. The first-order chi connectivity index (χ1) is 8.29. The van der Waals surface area contributed by atoms with E-state index >= 15 is 0 Å². The van der Waals surface area contributed by atoms with Gasteiger partial charge in [0, 0.05) is 0 Å². The molecular weight excluding hydrogens is 232 g/mol. The Morgan fingerprint density at radius 3 is 2.59 bits per heavy atom. The number of aliphatic hydroxyl groups excluding tert-OH is 1. The Labute approximate surface area is 105 Å². The highest BCUT2D eigenvalue weighted by atomic mass is 32.1. The molecule has 1 aromatic heterocycles. The molecule has 0 aliphatic heterocycles. The Kier molecular flexibility index (Phi) is 4.18. The molecule has 1 aromatic carbocycles. The van der Waals surface area contributed by atoms with Gasteiger partial charge in [-0.15, -0.1) is 0 Å². The van der Waals surface area contributed by atoms with Gasteiger partial charge < -0.3 is 9.84 Å². The van der Waals surface area contributed by atoms with Crippen molar-refractivity contribution in [1.82, 2.24) is 0 Å². The van der Waals surface area contributed by atoms with E-state index in [0.29, 0.717) is 6.61 Å². The molecular formula is C14H16O2S. The maximum Gasteiger partial charge on any atom is 0.119 e. The Balaban J connectivity index is 1.94. The molecule has 90 valence electrons. The molecule has 2 nitrogen and oxygen atoms in total. The van der Waals surface area contributed by atoms with Crippen molar-refractivity contribution >= 4 is 11.3 Å². The van der Waals surface area contributed by atoms with Gasteiger partial charge in [0.15, 0.2) is 0 Å². The van der Waals surface area contributed by atoms with E-state index in [-0.39, 0.29) is 6.10 Å². The highest BCUT2D eigenvalue weighted by Gasteiger charge is 2.04. The van der Waals surface area contributed by atoms with E-state index < -0.39 is 0 Å². The Morgan fingerprint density at radius 1 is 1.24 bits per heavy atom. The molecule has 2 rings (SSSR count). The molecule has 1 atom stereocenters. The summed E-state index contributed by atoms with van der Waals surface area (Å²) in [6.45, 7) is 2.56. The van der Waals surface area contributed by atoms with E-state index in [9.17, 15) is 5.11 Å². The number of benzene rings is 1. The molecule has 0 spiro atoms. The molecule has 0 bridgehead atoms. The number of ether oxygens (including phenoxy) is 1. The Bertz CT molecular complexity index is 434. The van der Waals surface area contributed by atoms with Crippen LogP contribution in [0.4, 0.5) is 0 Å². The molecule has 0 saturated carbocycles. The third kappa shape index (κ3) is 3.32. The average Bonchev–Trinajstić information content (AvgIpc) is 2.89. The highest BCUT2D eigenvalue weighted by Crippen LogP contribution is 2.20. The first kappa shape index (κ1) is 12.1. The molecule has 0 saturated heterocycles. The van der Waals surface area contributed by atoms with Crippen molar-refractivity contribution in [3.8, 4) is 5.75 Å². The lowest BCUT2D eigenvalue weighted by Gasteiger charge is -2.09. The number of hydrogen-bond donors (Lipinski definition) is 1. The van der Waals surface area contributed by atoms with Gasteiger partial charge in [0.2, 0.25) is 0 Å². The molecule has 0 aliphatic rings. The first-order valence-electron chi connectivity index (χ1n) is 5.71. The third-order valence-electron chi connectivity index (χ3n) is 2.64. The van der Waals surface area contributed by atoms with Gasteiger partial charge in [-0.25, -0.2) is 0 Å². The van der Waals surface area contributed by atoms with E-state index in [4.69, 9.17) is 4.74 Å². The summed E-state index contributed by atoms with van der Waals surface area (Å²) in [7, 11) is 0. The van der Waals surface area contributed by atoms with Crippen molar-refractivity contribution in [3.63, 3.8) is 0 Å². The van der Waals surface area contributed by atoms with Crippen LogP contribution in [-0.2, 0) is 6.61 Å². The van der Waals surface area contributed by atoms with E-state index in [0.717, 1.165) is 17.7 Å². The SMILES string of the molecule is CC[C@H](O)c1ccc(OCc2ccsc2)cc1. The molecule has 3 heteroatoms. The van der Waals surface area contributed by atoms with Crippen LogP contribution >= 0.6 is 11.3 Å². The summed E-state index contributed by atoms with van der Waals surface area (Å²) in [5, 5.41) is 13.8. The largest absolute Gasteiger partial charge is 0.489 e. The predicted molar refractivity (Wildman–Crippen MR) is 70.3 cm³/mol.